The zero-order chi connectivity index (χ0) is 19.5. The lowest BCUT2D eigenvalue weighted by molar-refractivity contribution is -0.384. The molecule has 1 aliphatic rings. The summed E-state index contributed by atoms with van der Waals surface area (Å²) in [5.41, 5.74) is -0.873. The number of carbonyl (C=O) groups excluding carboxylic acids is 2. The molecule has 0 radical (unpaired) electrons. The van der Waals surface area contributed by atoms with Crippen molar-refractivity contribution < 1.29 is 24.0 Å². The summed E-state index contributed by atoms with van der Waals surface area (Å²) in [6.45, 7) is 5.90. The Labute approximate surface area is 151 Å². The number of aromatic nitrogens is 1. The van der Waals surface area contributed by atoms with Crippen LogP contribution in [0.4, 0.5) is 11.5 Å². The van der Waals surface area contributed by atoms with Gasteiger partial charge in [0.25, 0.3) is 0 Å². The number of methoxy groups -OCH3 is 1. The molecule has 1 fully saturated rings. The first-order valence-corrected chi connectivity index (χ1v) is 8.33. The largest absolute Gasteiger partial charge is 0.465 e. The van der Waals surface area contributed by atoms with Crippen molar-refractivity contribution in [2.45, 2.75) is 51.7 Å². The molecule has 2 rings (SSSR count). The van der Waals surface area contributed by atoms with E-state index in [-0.39, 0.29) is 35.5 Å². The van der Waals surface area contributed by atoms with Gasteiger partial charge in [0, 0.05) is 24.8 Å². The van der Waals surface area contributed by atoms with Gasteiger partial charge in [-0.25, -0.2) is 9.78 Å². The summed E-state index contributed by atoms with van der Waals surface area (Å²) in [5.74, 6) is -0.907. The fourth-order valence-corrected chi connectivity index (χ4v) is 2.93. The monoisotopic (exact) mass is 365 g/mol. The van der Waals surface area contributed by atoms with Crippen molar-refractivity contribution in [3.05, 3.63) is 27.9 Å². The Morgan fingerprint density at radius 2 is 2.12 bits per heavy atom. The van der Waals surface area contributed by atoms with Crippen LogP contribution in [0.25, 0.3) is 0 Å². The van der Waals surface area contributed by atoms with E-state index in [1.165, 1.54) is 13.3 Å². The van der Waals surface area contributed by atoms with Crippen LogP contribution in [0, 0.1) is 10.1 Å². The second-order valence-electron chi connectivity index (χ2n) is 7.10. The molecule has 0 aromatic carbocycles. The summed E-state index contributed by atoms with van der Waals surface area (Å²) < 4.78 is 9.93. The average molecular weight is 365 g/mol. The number of anilines is 1. The molecule has 2 heterocycles. The number of pyridine rings is 1. The van der Waals surface area contributed by atoms with Crippen LogP contribution < -0.4 is 4.90 Å². The molecule has 26 heavy (non-hydrogen) atoms. The number of nitro groups is 1. The van der Waals surface area contributed by atoms with E-state index in [0.29, 0.717) is 13.0 Å². The molecule has 1 aliphatic heterocycles. The van der Waals surface area contributed by atoms with Crippen LogP contribution in [0.3, 0.4) is 0 Å². The topological polar surface area (TPSA) is 112 Å². The highest BCUT2D eigenvalue weighted by Gasteiger charge is 2.34. The van der Waals surface area contributed by atoms with Crippen LogP contribution in [-0.2, 0) is 14.3 Å². The number of carbonyl (C=O) groups is 2. The maximum atomic E-state index is 12.1. The third-order valence-electron chi connectivity index (χ3n) is 3.94. The first-order valence-electron chi connectivity index (χ1n) is 8.33. The quantitative estimate of drug-likeness (QED) is 0.444. The van der Waals surface area contributed by atoms with Gasteiger partial charge in [0.05, 0.1) is 24.0 Å². The highest BCUT2D eigenvalue weighted by molar-refractivity contribution is 5.90. The summed E-state index contributed by atoms with van der Waals surface area (Å²) in [4.78, 5) is 40.5. The normalized spacial score (nSPS) is 17.1. The number of nitrogens with zero attached hydrogens (tertiary/aromatic N) is 3. The Morgan fingerprint density at radius 3 is 2.69 bits per heavy atom. The zero-order valence-corrected chi connectivity index (χ0v) is 15.4. The van der Waals surface area contributed by atoms with Gasteiger partial charge in [-0.15, -0.1) is 0 Å². The van der Waals surface area contributed by atoms with Crippen LogP contribution in [0.5, 0.6) is 0 Å². The molecule has 1 aromatic heterocycles. The van der Waals surface area contributed by atoms with Crippen LogP contribution in [0.2, 0.25) is 0 Å². The maximum absolute atomic E-state index is 12.1. The van der Waals surface area contributed by atoms with E-state index in [1.807, 2.05) is 0 Å². The standard InChI is InChI=1S/C17H23N3O6/c1-17(2,3)26-14(21)9-12-6-5-7-19(12)15-13(20(23)24)8-11(10-18-15)16(22)25-4/h8,10,12H,5-7,9H2,1-4H3. The van der Waals surface area contributed by atoms with E-state index >= 15 is 0 Å². The summed E-state index contributed by atoms with van der Waals surface area (Å²) in [5, 5.41) is 11.5. The summed E-state index contributed by atoms with van der Waals surface area (Å²) in [6.07, 6.45) is 2.85. The van der Waals surface area contributed by atoms with Crippen molar-refractivity contribution in [3.8, 4) is 0 Å². The van der Waals surface area contributed by atoms with Gasteiger partial charge in [-0.05, 0) is 33.6 Å². The average Bonchev–Trinajstić information content (AvgIpc) is 2.99. The van der Waals surface area contributed by atoms with E-state index in [0.717, 1.165) is 12.5 Å². The van der Waals surface area contributed by atoms with Crippen molar-refractivity contribution >= 4 is 23.4 Å². The van der Waals surface area contributed by atoms with Crippen molar-refractivity contribution in [1.29, 1.82) is 0 Å². The first kappa shape index (κ1) is 19.6. The highest BCUT2D eigenvalue weighted by Crippen LogP contribution is 2.33. The fraction of sp³-hybridized carbons (Fsp3) is 0.588. The van der Waals surface area contributed by atoms with Gasteiger partial charge in [0.2, 0.25) is 5.82 Å². The minimum Gasteiger partial charge on any atom is -0.465 e. The molecular formula is C17H23N3O6. The minimum atomic E-state index is -0.695. The van der Waals surface area contributed by atoms with Crippen LogP contribution in [0.1, 0.15) is 50.4 Å². The molecule has 1 unspecified atom stereocenters. The predicted molar refractivity (Wildman–Crippen MR) is 93.1 cm³/mol. The lowest BCUT2D eigenvalue weighted by Crippen LogP contribution is -2.35. The molecule has 142 valence electrons. The molecule has 1 atom stereocenters. The van der Waals surface area contributed by atoms with Gasteiger partial charge in [0.1, 0.15) is 5.60 Å². The molecule has 0 spiro atoms. The lowest BCUT2D eigenvalue weighted by Gasteiger charge is -2.26. The van der Waals surface area contributed by atoms with E-state index < -0.39 is 16.5 Å². The van der Waals surface area contributed by atoms with E-state index in [4.69, 9.17) is 4.74 Å². The van der Waals surface area contributed by atoms with E-state index in [1.54, 1.807) is 25.7 Å². The van der Waals surface area contributed by atoms with Crippen LogP contribution in [0.15, 0.2) is 12.3 Å². The Morgan fingerprint density at radius 1 is 1.42 bits per heavy atom. The number of ether oxygens (including phenoxy) is 2. The predicted octanol–water partition coefficient (Wildman–Crippen LogP) is 2.48. The molecule has 9 heteroatoms. The van der Waals surface area contributed by atoms with Crippen LogP contribution in [-0.4, -0.2) is 47.1 Å². The molecule has 0 aliphatic carbocycles. The lowest BCUT2D eigenvalue weighted by atomic mass is 10.1. The van der Waals surface area contributed by atoms with Crippen molar-refractivity contribution in [2.75, 3.05) is 18.6 Å². The summed E-state index contributed by atoms with van der Waals surface area (Å²) in [7, 11) is 1.19. The molecule has 9 nitrogen and oxygen atoms in total. The highest BCUT2D eigenvalue weighted by atomic mass is 16.6. The van der Waals surface area contributed by atoms with Crippen LogP contribution >= 0.6 is 0 Å². The van der Waals surface area contributed by atoms with E-state index in [9.17, 15) is 19.7 Å². The molecule has 0 N–H and O–H groups in total. The zero-order valence-electron chi connectivity index (χ0n) is 15.4. The summed E-state index contributed by atoms with van der Waals surface area (Å²) >= 11 is 0. The maximum Gasteiger partial charge on any atom is 0.339 e. The third-order valence-corrected chi connectivity index (χ3v) is 3.94. The molecule has 0 amide bonds. The molecule has 1 aromatic rings. The Hall–Kier alpha value is -2.71. The van der Waals surface area contributed by atoms with Crippen molar-refractivity contribution in [1.82, 2.24) is 4.98 Å². The van der Waals surface area contributed by atoms with Crippen molar-refractivity contribution in [3.63, 3.8) is 0 Å². The minimum absolute atomic E-state index is 0.00541. The number of hydrogen-bond acceptors (Lipinski definition) is 8. The molecule has 1 saturated heterocycles. The number of rotatable bonds is 5. The van der Waals surface area contributed by atoms with Gasteiger partial charge in [0.15, 0.2) is 0 Å². The first-order chi connectivity index (χ1) is 12.1. The molecular weight excluding hydrogens is 342 g/mol. The Kier molecular flexibility index (Phi) is 5.79. The van der Waals surface area contributed by atoms with Gasteiger partial charge in [-0.3, -0.25) is 14.9 Å². The third kappa shape index (κ3) is 4.68. The van der Waals surface area contributed by atoms with Gasteiger partial charge in [-0.2, -0.15) is 0 Å². The van der Waals surface area contributed by atoms with Gasteiger partial charge >= 0.3 is 17.6 Å². The van der Waals surface area contributed by atoms with Gasteiger partial charge < -0.3 is 14.4 Å². The smallest absolute Gasteiger partial charge is 0.339 e. The number of hydrogen-bond donors (Lipinski definition) is 0. The molecule has 0 saturated carbocycles. The second-order valence-corrected chi connectivity index (χ2v) is 7.10. The SMILES string of the molecule is COC(=O)c1cnc(N2CCCC2CC(=O)OC(C)(C)C)c([N+](=O)[O-])c1. The Bertz CT molecular complexity index is 713. The fourth-order valence-electron chi connectivity index (χ4n) is 2.93. The molecule has 0 bridgehead atoms. The van der Waals surface area contributed by atoms with Gasteiger partial charge in [-0.1, -0.05) is 0 Å². The summed E-state index contributed by atoms with van der Waals surface area (Å²) in [6, 6.07) is 0.914. The van der Waals surface area contributed by atoms with Crippen molar-refractivity contribution in [2.24, 2.45) is 0 Å². The second kappa shape index (κ2) is 7.67. The van der Waals surface area contributed by atoms with E-state index in [2.05, 4.69) is 9.72 Å². The number of esters is 2. The Balaban J connectivity index is 2.26.